The molecule has 1 amide bonds. The van der Waals surface area contributed by atoms with Gasteiger partial charge in [-0.15, -0.1) is 0 Å². The molecule has 0 radical (unpaired) electrons. The minimum Gasteiger partial charge on any atom is -0.490 e. The van der Waals surface area contributed by atoms with Crippen molar-refractivity contribution in [2.45, 2.75) is 0 Å². The Hall–Kier alpha value is -2.81. The third-order valence-corrected chi connectivity index (χ3v) is 3.18. The third kappa shape index (κ3) is 4.33. The zero-order valence-electron chi connectivity index (χ0n) is 11.9. The Kier molecular flexibility index (Phi) is 5.36. The van der Waals surface area contributed by atoms with E-state index < -0.39 is 10.8 Å². The highest BCUT2D eigenvalue weighted by Gasteiger charge is 2.14. The van der Waals surface area contributed by atoms with Crippen molar-refractivity contribution in [1.29, 1.82) is 0 Å². The van der Waals surface area contributed by atoms with Crippen LogP contribution in [-0.4, -0.2) is 29.1 Å². The number of nitro benzene ring substituents is 1. The van der Waals surface area contributed by atoms with Crippen molar-refractivity contribution >= 4 is 33.7 Å². The first-order valence-electron chi connectivity index (χ1n) is 6.27. The summed E-state index contributed by atoms with van der Waals surface area (Å²) in [6.07, 6.45) is 4.25. The molecule has 0 spiro atoms. The van der Waals surface area contributed by atoms with Gasteiger partial charge in [0, 0.05) is 28.5 Å². The average molecular weight is 379 g/mol. The van der Waals surface area contributed by atoms with Gasteiger partial charge in [-0.2, -0.15) is 5.10 Å². The molecule has 0 atom stereocenters. The van der Waals surface area contributed by atoms with Crippen molar-refractivity contribution in [3.05, 3.63) is 62.4 Å². The van der Waals surface area contributed by atoms with Gasteiger partial charge in [-0.05, 0) is 34.1 Å². The highest BCUT2D eigenvalue weighted by Crippen LogP contribution is 2.26. The number of carbonyl (C=O) groups is 1. The summed E-state index contributed by atoms with van der Waals surface area (Å²) in [5.41, 5.74) is 2.92. The molecule has 2 aromatic rings. The number of nitrogens with zero attached hydrogens (tertiary/aromatic N) is 3. The van der Waals surface area contributed by atoms with Crippen LogP contribution in [0.5, 0.6) is 5.75 Å². The molecule has 0 aliphatic heterocycles. The monoisotopic (exact) mass is 378 g/mol. The van der Waals surface area contributed by atoms with Crippen molar-refractivity contribution in [3.8, 4) is 5.75 Å². The number of carbonyl (C=O) groups excluding carboxylic acids is 1. The molecule has 0 fully saturated rings. The number of amides is 1. The number of methoxy groups -OCH3 is 1. The minimum atomic E-state index is -0.554. The molecule has 0 bridgehead atoms. The van der Waals surface area contributed by atoms with Crippen LogP contribution >= 0.6 is 15.9 Å². The number of ether oxygens (including phenoxy) is 1. The first-order chi connectivity index (χ1) is 11.0. The van der Waals surface area contributed by atoms with Gasteiger partial charge >= 0.3 is 5.69 Å². The predicted molar refractivity (Wildman–Crippen MR) is 86.6 cm³/mol. The predicted octanol–water partition coefficient (Wildman–Crippen LogP) is 2.52. The summed E-state index contributed by atoms with van der Waals surface area (Å²) < 4.78 is 5.57. The molecule has 0 saturated carbocycles. The van der Waals surface area contributed by atoms with Crippen LogP contribution in [0.3, 0.4) is 0 Å². The Morgan fingerprint density at radius 2 is 2.22 bits per heavy atom. The van der Waals surface area contributed by atoms with Crippen LogP contribution < -0.4 is 10.2 Å². The summed E-state index contributed by atoms with van der Waals surface area (Å²) in [5, 5.41) is 14.7. The molecule has 23 heavy (non-hydrogen) atoms. The Morgan fingerprint density at radius 1 is 1.43 bits per heavy atom. The zero-order valence-corrected chi connectivity index (χ0v) is 13.5. The van der Waals surface area contributed by atoms with Gasteiger partial charge in [0.05, 0.1) is 23.8 Å². The number of pyridine rings is 1. The molecular weight excluding hydrogens is 368 g/mol. The van der Waals surface area contributed by atoms with E-state index in [9.17, 15) is 14.9 Å². The number of hydrogen-bond donors (Lipinski definition) is 1. The van der Waals surface area contributed by atoms with E-state index in [0.29, 0.717) is 15.6 Å². The molecular formula is C14H11BrN4O4. The molecule has 0 saturated heterocycles. The largest absolute Gasteiger partial charge is 0.490 e. The SMILES string of the molecule is COc1ccc(/C=N\NC(=O)c2cncc(Br)c2)cc1[N+](=O)[O-]. The second kappa shape index (κ2) is 7.45. The van der Waals surface area contributed by atoms with E-state index in [1.807, 2.05) is 0 Å². The summed E-state index contributed by atoms with van der Waals surface area (Å²) >= 11 is 3.21. The molecule has 0 aliphatic carbocycles. The van der Waals surface area contributed by atoms with Gasteiger partial charge in [0.15, 0.2) is 5.75 Å². The first-order valence-corrected chi connectivity index (χ1v) is 7.07. The van der Waals surface area contributed by atoms with Crippen molar-refractivity contribution in [3.63, 3.8) is 0 Å². The van der Waals surface area contributed by atoms with Crippen molar-refractivity contribution in [2.24, 2.45) is 5.10 Å². The van der Waals surface area contributed by atoms with Gasteiger partial charge in [-0.1, -0.05) is 0 Å². The van der Waals surface area contributed by atoms with Gasteiger partial charge < -0.3 is 4.74 Å². The number of hydrogen-bond acceptors (Lipinski definition) is 6. The summed E-state index contributed by atoms with van der Waals surface area (Å²) in [6, 6.07) is 5.94. The lowest BCUT2D eigenvalue weighted by Crippen LogP contribution is -2.17. The number of nitro groups is 1. The molecule has 0 aliphatic rings. The first kappa shape index (κ1) is 16.6. The topological polar surface area (TPSA) is 107 Å². The molecule has 9 heteroatoms. The second-order valence-corrected chi connectivity index (χ2v) is 5.20. The molecule has 8 nitrogen and oxygen atoms in total. The summed E-state index contributed by atoms with van der Waals surface area (Å²) in [4.78, 5) is 26.1. The number of aromatic nitrogens is 1. The average Bonchev–Trinajstić information content (AvgIpc) is 2.54. The van der Waals surface area contributed by atoms with Crippen LogP contribution in [0.15, 0.2) is 46.2 Å². The molecule has 2 rings (SSSR count). The lowest BCUT2D eigenvalue weighted by Gasteiger charge is -2.02. The molecule has 1 heterocycles. The maximum atomic E-state index is 11.8. The maximum absolute atomic E-state index is 11.8. The Morgan fingerprint density at radius 3 is 2.87 bits per heavy atom. The van der Waals surface area contributed by atoms with E-state index >= 15 is 0 Å². The number of benzene rings is 1. The Bertz CT molecular complexity index is 779. The molecule has 1 N–H and O–H groups in total. The standard InChI is InChI=1S/C14H11BrN4O4/c1-23-13-3-2-9(4-12(13)19(21)22)6-17-18-14(20)10-5-11(15)8-16-7-10/h2-8H,1H3,(H,18,20)/b17-6-. The Balaban J connectivity index is 2.10. The lowest BCUT2D eigenvalue weighted by atomic mass is 10.2. The van der Waals surface area contributed by atoms with Crippen molar-refractivity contribution in [1.82, 2.24) is 10.4 Å². The quantitative estimate of drug-likeness (QED) is 0.488. The van der Waals surface area contributed by atoms with E-state index in [2.05, 4.69) is 31.4 Å². The van der Waals surface area contributed by atoms with Gasteiger partial charge in [0.2, 0.25) is 0 Å². The lowest BCUT2D eigenvalue weighted by molar-refractivity contribution is -0.385. The number of halogens is 1. The smallest absolute Gasteiger partial charge is 0.311 e. The van der Waals surface area contributed by atoms with Crippen LogP contribution in [0, 0.1) is 10.1 Å². The van der Waals surface area contributed by atoms with Crippen LogP contribution in [-0.2, 0) is 0 Å². The van der Waals surface area contributed by atoms with Crippen molar-refractivity contribution in [2.75, 3.05) is 7.11 Å². The number of rotatable bonds is 5. The second-order valence-electron chi connectivity index (χ2n) is 4.28. The molecule has 1 aromatic heterocycles. The van der Waals surface area contributed by atoms with E-state index in [0.717, 1.165) is 0 Å². The van der Waals surface area contributed by atoms with E-state index in [1.54, 1.807) is 18.3 Å². The minimum absolute atomic E-state index is 0.149. The van der Waals surface area contributed by atoms with Crippen LogP contribution in [0.25, 0.3) is 0 Å². The van der Waals surface area contributed by atoms with Crippen molar-refractivity contribution < 1.29 is 14.5 Å². The zero-order chi connectivity index (χ0) is 16.8. The normalized spacial score (nSPS) is 10.5. The molecule has 118 valence electrons. The highest BCUT2D eigenvalue weighted by molar-refractivity contribution is 9.10. The maximum Gasteiger partial charge on any atom is 0.311 e. The fraction of sp³-hybridized carbons (Fsp3) is 0.0714. The van der Waals surface area contributed by atoms with Crippen LogP contribution in [0.2, 0.25) is 0 Å². The van der Waals surface area contributed by atoms with E-state index in [4.69, 9.17) is 4.74 Å². The van der Waals surface area contributed by atoms with Gasteiger partial charge in [-0.3, -0.25) is 19.9 Å². The van der Waals surface area contributed by atoms with Gasteiger partial charge in [-0.25, -0.2) is 5.43 Å². The highest BCUT2D eigenvalue weighted by atomic mass is 79.9. The number of nitrogens with one attached hydrogen (secondary N) is 1. The summed E-state index contributed by atoms with van der Waals surface area (Å²) in [6.45, 7) is 0. The third-order valence-electron chi connectivity index (χ3n) is 2.75. The Labute approximate surface area is 139 Å². The van der Waals surface area contributed by atoms with E-state index in [1.165, 1.54) is 31.7 Å². The van der Waals surface area contributed by atoms with Crippen LogP contribution in [0.1, 0.15) is 15.9 Å². The number of hydrazone groups is 1. The molecule has 0 unspecified atom stereocenters. The van der Waals surface area contributed by atoms with Crippen LogP contribution in [0.4, 0.5) is 5.69 Å². The van der Waals surface area contributed by atoms with Gasteiger partial charge in [0.25, 0.3) is 5.91 Å². The summed E-state index contributed by atoms with van der Waals surface area (Å²) in [7, 11) is 1.35. The summed E-state index contributed by atoms with van der Waals surface area (Å²) in [5.74, 6) is -0.297. The van der Waals surface area contributed by atoms with Gasteiger partial charge in [0.1, 0.15) is 0 Å². The molecule has 1 aromatic carbocycles. The fourth-order valence-electron chi connectivity index (χ4n) is 1.70. The van der Waals surface area contributed by atoms with E-state index in [-0.39, 0.29) is 11.4 Å². The fourth-order valence-corrected chi connectivity index (χ4v) is 2.06.